The number of ether oxygens (including phenoxy) is 2. The number of likely N-dealkylation sites (N-methyl/N-ethyl adjacent to an activating group) is 1. The smallest absolute Gasteiger partial charge is 0.260 e. The van der Waals surface area contributed by atoms with Gasteiger partial charge < -0.3 is 14.4 Å². The van der Waals surface area contributed by atoms with Gasteiger partial charge in [0.25, 0.3) is 5.91 Å². The maximum absolute atomic E-state index is 12.2. The molecule has 2 aromatic carbocycles. The average Bonchev–Trinajstić information content (AvgIpc) is 2.54. The van der Waals surface area contributed by atoms with Crippen LogP contribution in [-0.4, -0.2) is 31.6 Å². The van der Waals surface area contributed by atoms with Crippen LogP contribution >= 0.6 is 11.6 Å². The van der Waals surface area contributed by atoms with Gasteiger partial charge in [-0.15, -0.1) is 0 Å². The van der Waals surface area contributed by atoms with E-state index < -0.39 is 0 Å². The Bertz CT molecular complexity index is 688. The summed E-state index contributed by atoms with van der Waals surface area (Å²) in [6.45, 7) is 2.34. The highest BCUT2D eigenvalue weighted by atomic mass is 35.5. The summed E-state index contributed by atoms with van der Waals surface area (Å²) >= 11 is 6.01. The highest BCUT2D eigenvalue weighted by Gasteiger charge is 2.13. The number of aryl methyl sites for hydroxylation is 1. The summed E-state index contributed by atoms with van der Waals surface area (Å²) in [6, 6.07) is 13.0. The molecular weight excluding hydrogens is 314 g/mol. The Morgan fingerprint density at radius 2 is 1.91 bits per heavy atom. The summed E-state index contributed by atoms with van der Waals surface area (Å²) in [5.41, 5.74) is 1.85. The molecule has 0 saturated heterocycles. The molecule has 0 aliphatic rings. The topological polar surface area (TPSA) is 38.8 Å². The van der Waals surface area contributed by atoms with Gasteiger partial charge in [-0.25, -0.2) is 0 Å². The Morgan fingerprint density at radius 3 is 2.61 bits per heavy atom. The van der Waals surface area contributed by atoms with E-state index in [-0.39, 0.29) is 12.5 Å². The van der Waals surface area contributed by atoms with Crippen LogP contribution in [0.15, 0.2) is 42.5 Å². The first-order chi connectivity index (χ1) is 11.0. The van der Waals surface area contributed by atoms with Gasteiger partial charge in [0.15, 0.2) is 6.61 Å². The molecule has 0 aliphatic carbocycles. The highest BCUT2D eigenvalue weighted by molar-refractivity contribution is 6.30. The second kappa shape index (κ2) is 7.88. The molecule has 23 heavy (non-hydrogen) atoms. The third kappa shape index (κ3) is 4.63. The fourth-order valence-electron chi connectivity index (χ4n) is 2.18. The van der Waals surface area contributed by atoms with Crippen LogP contribution in [0, 0.1) is 6.92 Å². The highest BCUT2D eigenvalue weighted by Crippen LogP contribution is 2.24. The molecule has 0 spiro atoms. The van der Waals surface area contributed by atoms with E-state index in [2.05, 4.69) is 0 Å². The SMILES string of the molecule is COc1ccc(Cl)cc1CN(C)C(=O)COc1ccccc1C. The van der Waals surface area contributed by atoms with Crippen molar-refractivity contribution in [3.8, 4) is 11.5 Å². The quantitative estimate of drug-likeness (QED) is 0.809. The van der Waals surface area contributed by atoms with Crippen molar-refractivity contribution in [2.75, 3.05) is 20.8 Å². The average molecular weight is 334 g/mol. The number of carbonyl (C=O) groups excluding carboxylic acids is 1. The minimum atomic E-state index is -0.115. The van der Waals surface area contributed by atoms with Crippen LogP contribution < -0.4 is 9.47 Å². The minimum absolute atomic E-state index is 0.00969. The second-order valence-corrected chi connectivity index (χ2v) is 5.70. The fourth-order valence-corrected chi connectivity index (χ4v) is 2.38. The van der Waals surface area contributed by atoms with E-state index in [0.29, 0.717) is 17.3 Å². The Kier molecular flexibility index (Phi) is 5.88. The van der Waals surface area contributed by atoms with E-state index in [0.717, 1.165) is 16.9 Å². The molecule has 0 bridgehead atoms. The van der Waals surface area contributed by atoms with Crippen LogP contribution in [0.4, 0.5) is 0 Å². The Hall–Kier alpha value is -2.20. The number of hydrogen-bond donors (Lipinski definition) is 0. The summed E-state index contributed by atoms with van der Waals surface area (Å²) in [5, 5.41) is 0.609. The molecule has 5 heteroatoms. The lowest BCUT2D eigenvalue weighted by molar-refractivity contribution is -0.132. The van der Waals surface area contributed by atoms with Gasteiger partial charge in [-0.05, 0) is 36.8 Å². The van der Waals surface area contributed by atoms with Gasteiger partial charge in [0, 0.05) is 24.2 Å². The second-order valence-electron chi connectivity index (χ2n) is 5.26. The van der Waals surface area contributed by atoms with Crippen molar-refractivity contribution >= 4 is 17.5 Å². The molecule has 2 rings (SSSR count). The lowest BCUT2D eigenvalue weighted by Gasteiger charge is -2.19. The van der Waals surface area contributed by atoms with E-state index >= 15 is 0 Å². The van der Waals surface area contributed by atoms with E-state index in [1.54, 1.807) is 37.3 Å². The molecule has 0 saturated carbocycles. The molecule has 0 unspecified atom stereocenters. The first kappa shape index (κ1) is 17.2. The first-order valence-corrected chi connectivity index (χ1v) is 7.64. The molecule has 0 radical (unpaired) electrons. The number of rotatable bonds is 6. The zero-order chi connectivity index (χ0) is 16.8. The number of para-hydroxylation sites is 1. The predicted octanol–water partition coefficient (Wildman–Crippen LogP) is 3.69. The molecule has 0 aliphatic heterocycles. The standard InChI is InChI=1S/C18H20ClNO3/c1-13-6-4-5-7-16(13)23-12-18(21)20(2)11-14-10-15(19)8-9-17(14)22-3/h4-10H,11-12H2,1-3H3. The zero-order valence-electron chi connectivity index (χ0n) is 13.5. The zero-order valence-corrected chi connectivity index (χ0v) is 14.3. The van der Waals surface area contributed by atoms with Crippen LogP contribution in [0.2, 0.25) is 5.02 Å². The number of benzene rings is 2. The summed E-state index contributed by atoms with van der Waals surface area (Å²) in [5.74, 6) is 1.30. The van der Waals surface area contributed by atoms with Gasteiger partial charge in [0.2, 0.25) is 0 Å². The van der Waals surface area contributed by atoms with Crippen LogP contribution in [0.1, 0.15) is 11.1 Å². The van der Waals surface area contributed by atoms with Gasteiger partial charge in [-0.1, -0.05) is 29.8 Å². The van der Waals surface area contributed by atoms with Crippen molar-refractivity contribution in [2.45, 2.75) is 13.5 Å². The normalized spacial score (nSPS) is 10.3. The van der Waals surface area contributed by atoms with E-state index in [9.17, 15) is 4.79 Å². The summed E-state index contributed by atoms with van der Waals surface area (Å²) < 4.78 is 10.9. The molecule has 122 valence electrons. The summed E-state index contributed by atoms with van der Waals surface area (Å²) in [6.07, 6.45) is 0. The molecule has 0 atom stereocenters. The number of methoxy groups -OCH3 is 1. The molecular formula is C18H20ClNO3. The Balaban J connectivity index is 1.98. The van der Waals surface area contributed by atoms with Crippen molar-refractivity contribution in [3.63, 3.8) is 0 Å². The maximum Gasteiger partial charge on any atom is 0.260 e. The third-order valence-electron chi connectivity index (χ3n) is 3.52. The Labute approximate surface area is 141 Å². The predicted molar refractivity (Wildman–Crippen MR) is 91.2 cm³/mol. The number of halogens is 1. The first-order valence-electron chi connectivity index (χ1n) is 7.26. The number of amides is 1. The van der Waals surface area contributed by atoms with Gasteiger partial charge in [-0.3, -0.25) is 4.79 Å². The number of hydrogen-bond acceptors (Lipinski definition) is 3. The molecule has 4 nitrogen and oxygen atoms in total. The molecule has 0 fully saturated rings. The number of nitrogens with zero attached hydrogens (tertiary/aromatic N) is 1. The van der Waals surface area contributed by atoms with Crippen molar-refractivity contribution < 1.29 is 14.3 Å². The maximum atomic E-state index is 12.2. The molecule has 0 heterocycles. The minimum Gasteiger partial charge on any atom is -0.496 e. The third-order valence-corrected chi connectivity index (χ3v) is 3.76. The largest absolute Gasteiger partial charge is 0.496 e. The van der Waals surface area contributed by atoms with Gasteiger partial charge >= 0.3 is 0 Å². The molecule has 2 aromatic rings. The van der Waals surface area contributed by atoms with Crippen molar-refractivity contribution in [1.82, 2.24) is 4.90 Å². The van der Waals surface area contributed by atoms with Crippen LogP contribution in [0.3, 0.4) is 0 Å². The van der Waals surface area contributed by atoms with Crippen molar-refractivity contribution in [2.24, 2.45) is 0 Å². The van der Waals surface area contributed by atoms with Gasteiger partial charge in [0.1, 0.15) is 11.5 Å². The van der Waals surface area contributed by atoms with Crippen molar-refractivity contribution in [1.29, 1.82) is 0 Å². The summed E-state index contributed by atoms with van der Waals surface area (Å²) in [4.78, 5) is 13.8. The van der Waals surface area contributed by atoms with E-state index in [1.807, 2.05) is 31.2 Å². The van der Waals surface area contributed by atoms with Crippen LogP contribution in [0.25, 0.3) is 0 Å². The van der Waals surface area contributed by atoms with Crippen molar-refractivity contribution in [3.05, 3.63) is 58.6 Å². The van der Waals surface area contributed by atoms with Gasteiger partial charge in [0.05, 0.1) is 7.11 Å². The molecule has 0 N–H and O–H groups in total. The van der Waals surface area contributed by atoms with Gasteiger partial charge in [-0.2, -0.15) is 0 Å². The Morgan fingerprint density at radius 1 is 1.17 bits per heavy atom. The molecule has 1 amide bonds. The van der Waals surface area contributed by atoms with E-state index in [4.69, 9.17) is 21.1 Å². The fraction of sp³-hybridized carbons (Fsp3) is 0.278. The van der Waals surface area contributed by atoms with Crippen LogP contribution in [0.5, 0.6) is 11.5 Å². The molecule has 0 aromatic heterocycles. The monoisotopic (exact) mass is 333 g/mol. The summed E-state index contributed by atoms with van der Waals surface area (Å²) in [7, 11) is 3.32. The van der Waals surface area contributed by atoms with E-state index in [1.165, 1.54) is 0 Å². The lowest BCUT2D eigenvalue weighted by atomic mass is 10.2. The lowest BCUT2D eigenvalue weighted by Crippen LogP contribution is -2.31. The number of carbonyl (C=O) groups is 1. The van der Waals surface area contributed by atoms with Crippen LogP contribution in [-0.2, 0) is 11.3 Å².